The zero-order chi connectivity index (χ0) is 39.3. The van der Waals surface area contributed by atoms with Crippen LogP contribution < -0.4 is 4.90 Å². The van der Waals surface area contributed by atoms with Crippen molar-refractivity contribution in [3.8, 4) is 39.1 Å². The van der Waals surface area contributed by atoms with Crippen molar-refractivity contribution in [3.63, 3.8) is 0 Å². The third-order valence-electron chi connectivity index (χ3n) is 11.8. The van der Waals surface area contributed by atoms with Crippen molar-refractivity contribution in [1.29, 1.82) is 0 Å². The van der Waals surface area contributed by atoms with Crippen LogP contribution >= 0.6 is 0 Å². The van der Waals surface area contributed by atoms with Crippen molar-refractivity contribution in [3.05, 3.63) is 230 Å². The van der Waals surface area contributed by atoms with Crippen LogP contribution in [0.25, 0.3) is 82.4 Å². The second-order valence-electron chi connectivity index (χ2n) is 15.4. The van der Waals surface area contributed by atoms with Gasteiger partial charge < -0.3 is 9.47 Å². The first-order valence-electron chi connectivity index (χ1n) is 20.3. The highest BCUT2D eigenvalue weighted by Gasteiger charge is 2.18. The van der Waals surface area contributed by atoms with Gasteiger partial charge in [-0.1, -0.05) is 163 Å². The summed E-state index contributed by atoms with van der Waals surface area (Å²) >= 11 is 0. The second-order valence-corrected chi connectivity index (χ2v) is 15.4. The fourth-order valence-electron chi connectivity index (χ4n) is 9.08. The Morgan fingerprint density at radius 2 is 0.729 bits per heavy atom. The summed E-state index contributed by atoms with van der Waals surface area (Å²) in [5.74, 6) is 0. The van der Waals surface area contributed by atoms with Crippen molar-refractivity contribution in [1.82, 2.24) is 4.57 Å². The lowest BCUT2D eigenvalue weighted by Crippen LogP contribution is -2.09. The largest absolute Gasteiger partial charge is 0.311 e. The first-order chi connectivity index (χ1) is 29.2. The van der Waals surface area contributed by atoms with Crippen LogP contribution in [0, 0.1) is 6.92 Å². The fraction of sp³-hybridized carbons (Fsp3) is 0.0175. The Kier molecular flexibility index (Phi) is 8.41. The van der Waals surface area contributed by atoms with Crippen LogP contribution in [0.4, 0.5) is 17.1 Å². The number of nitrogens with zero attached hydrogens (tertiary/aromatic N) is 2. The van der Waals surface area contributed by atoms with Gasteiger partial charge in [0.15, 0.2) is 0 Å². The predicted octanol–water partition coefficient (Wildman–Crippen LogP) is 15.9. The molecule has 11 rings (SSSR count). The lowest BCUT2D eigenvalue weighted by Gasteiger charge is -2.25. The molecule has 0 fully saturated rings. The van der Waals surface area contributed by atoms with Gasteiger partial charge >= 0.3 is 0 Å². The lowest BCUT2D eigenvalue weighted by molar-refractivity contribution is 1.18. The number of anilines is 3. The summed E-state index contributed by atoms with van der Waals surface area (Å²) in [5.41, 5.74) is 15.6. The van der Waals surface area contributed by atoms with Crippen LogP contribution in [-0.4, -0.2) is 4.57 Å². The molecule has 11 aromatic rings. The van der Waals surface area contributed by atoms with Gasteiger partial charge in [-0.2, -0.15) is 0 Å². The quantitative estimate of drug-likeness (QED) is 0.147. The molecule has 0 saturated carbocycles. The Balaban J connectivity index is 0.988. The van der Waals surface area contributed by atoms with E-state index in [1.54, 1.807) is 0 Å². The van der Waals surface area contributed by atoms with E-state index in [4.69, 9.17) is 0 Å². The Morgan fingerprint density at radius 1 is 0.305 bits per heavy atom. The summed E-state index contributed by atoms with van der Waals surface area (Å²) in [7, 11) is 0. The average molecular weight is 753 g/mol. The Bertz CT molecular complexity index is 3230. The van der Waals surface area contributed by atoms with Crippen molar-refractivity contribution < 1.29 is 0 Å². The summed E-state index contributed by atoms with van der Waals surface area (Å²) in [5, 5.41) is 7.54. The second kappa shape index (κ2) is 14.4. The smallest absolute Gasteiger partial charge is 0.0541 e. The number of aromatic nitrogens is 1. The number of rotatable bonds is 7. The third-order valence-corrected chi connectivity index (χ3v) is 11.8. The summed E-state index contributed by atoms with van der Waals surface area (Å²) in [6, 6.07) is 81.7. The number of hydrogen-bond acceptors (Lipinski definition) is 1. The zero-order valence-electron chi connectivity index (χ0n) is 32.8. The van der Waals surface area contributed by atoms with E-state index in [1.807, 2.05) is 0 Å². The molecule has 2 nitrogen and oxygen atoms in total. The molecule has 59 heavy (non-hydrogen) atoms. The lowest BCUT2D eigenvalue weighted by atomic mass is 9.86. The first-order valence-corrected chi connectivity index (χ1v) is 20.3. The molecule has 0 bridgehead atoms. The minimum atomic E-state index is 1.12. The van der Waals surface area contributed by atoms with Gasteiger partial charge in [-0.3, -0.25) is 0 Å². The van der Waals surface area contributed by atoms with E-state index in [0.29, 0.717) is 0 Å². The molecule has 1 aromatic heterocycles. The molecule has 0 aliphatic heterocycles. The molecule has 0 spiro atoms. The SMILES string of the molecule is Cc1ccc(N(c2ccccc2)c2ccc(-c3ccc4c(c3)c3ccccc3n4-c3ccc(-c4c5ccccc5c(-c5ccccc5)c5ccccc45)cc3)cc2)cc1. The molecule has 0 N–H and O–H groups in total. The number of fused-ring (bicyclic) bond motifs is 5. The minimum absolute atomic E-state index is 1.12. The van der Waals surface area contributed by atoms with Gasteiger partial charge in [0.05, 0.1) is 11.0 Å². The Hall–Kier alpha value is -7.68. The van der Waals surface area contributed by atoms with Crippen LogP contribution in [0.3, 0.4) is 0 Å². The van der Waals surface area contributed by atoms with E-state index in [2.05, 4.69) is 241 Å². The highest BCUT2D eigenvalue weighted by Crippen LogP contribution is 2.44. The average Bonchev–Trinajstić information content (AvgIpc) is 3.63. The Morgan fingerprint density at radius 3 is 1.32 bits per heavy atom. The Labute approximate surface area is 344 Å². The van der Waals surface area contributed by atoms with Crippen LogP contribution in [0.1, 0.15) is 5.56 Å². The summed E-state index contributed by atoms with van der Waals surface area (Å²) in [6.07, 6.45) is 0. The van der Waals surface area contributed by atoms with Gasteiger partial charge in [0.2, 0.25) is 0 Å². The van der Waals surface area contributed by atoms with Gasteiger partial charge in [-0.15, -0.1) is 0 Å². The minimum Gasteiger partial charge on any atom is -0.311 e. The van der Waals surface area contributed by atoms with Crippen molar-refractivity contribution in [2.24, 2.45) is 0 Å². The van der Waals surface area contributed by atoms with Gasteiger partial charge in [0.1, 0.15) is 0 Å². The van der Waals surface area contributed by atoms with Gasteiger partial charge in [0.25, 0.3) is 0 Å². The summed E-state index contributed by atoms with van der Waals surface area (Å²) in [6.45, 7) is 2.13. The molecule has 0 unspecified atom stereocenters. The number of benzene rings is 10. The van der Waals surface area contributed by atoms with Gasteiger partial charge in [-0.25, -0.2) is 0 Å². The molecule has 278 valence electrons. The molecule has 10 aromatic carbocycles. The maximum Gasteiger partial charge on any atom is 0.0541 e. The van der Waals surface area contributed by atoms with E-state index >= 15 is 0 Å². The third kappa shape index (κ3) is 5.97. The molecule has 0 saturated heterocycles. The number of para-hydroxylation sites is 2. The van der Waals surface area contributed by atoms with E-state index in [0.717, 1.165) is 22.7 Å². The molecule has 0 aliphatic carbocycles. The highest BCUT2D eigenvalue weighted by atomic mass is 15.1. The van der Waals surface area contributed by atoms with Crippen molar-refractivity contribution in [2.45, 2.75) is 6.92 Å². The monoisotopic (exact) mass is 752 g/mol. The maximum absolute atomic E-state index is 2.41. The van der Waals surface area contributed by atoms with E-state index < -0.39 is 0 Å². The van der Waals surface area contributed by atoms with Crippen LogP contribution in [0.2, 0.25) is 0 Å². The standard InChI is InChI=1S/C57H40N2/c1-39-24-31-45(32-25-39)58(44-16-6-3-7-17-44)46-33-26-40(27-34-46)43-30-37-55-53(38-43)48-18-12-13-23-54(48)59(55)47-35-28-42(29-36-47)57-51-21-10-8-19-49(51)56(41-14-4-2-5-15-41)50-20-9-11-22-52(50)57/h2-38H,1H3. The van der Waals surface area contributed by atoms with Crippen molar-refractivity contribution in [2.75, 3.05) is 4.90 Å². The predicted molar refractivity (Wildman–Crippen MR) is 252 cm³/mol. The van der Waals surface area contributed by atoms with E-state index in [9.17, 15) is 0 Å². The molecule has 0 radical (unpaired) electrons. The zero-order valence-corrected chi connectivity index (χ0v) is 32.8. The molecular weight excluding hydrogens is 713 g/mol. The maximum atomic E-state index is 2.41. The highest BCUT2D eigenvalue weighted by molar-refractivity contribution is 6.21. The number of hydrogen-bond donors (Lipinski definition) is 0. The molecule has 0 aliphatic rings. The van der Waals surface area contributed by atoms with Gasteiger partial charge in [0, 0.05) is 33.5 Å². The molecule has 0 amide bonds. The van der Waals surface area contributed by atoms with E-state index in [1.165, 1.54) is 82.3 Å². The van der Waals surface area contributed by atoms with Crippen LogP contribution in [0.15, 0.2) is 224 Å². The molecule has 2 heteroatoms. The number of aryl methyl sites for hydroxylation is 1. The van der Waals surface area contributed by atoms with Gasteiger partial charge in [-0.05, 0) is 129 Å². The van der Waals surface area contributed by atoms with E-state index in [-0.39, 0.29) is 0 Å². The molecule has 1 heterocycles. The van der Waals surface area contributed by atoms with Crippen LogP contribution in [0.5, 0.6) is 0 Å². The fourth-order valence-corrected chi connectivity index (χ4v) is 9.08. The van der Waals surface area contributed by atoms with Crippen LogP contribution in [-0.2, 0) is 0 Å². The van der Waals surface area contributed by atoms with Crippen molar-refractivity contribution >= 4 is 60.4 Å². The summed E-state index contributed by atoms with van der Waals surface area (Å²) in [4.78, 5) is 2.32. The molecular formula is C57H40N2. The normalized spacial score (nSPS) is 11.5. The first kappa shape index (κ1) is 34.6. The summed E-state index contributed by atoms with van der Waals surface area (Å²) < 4.78 is 2.41. The molecule has 0 atom stereocenters. The topological polar surface area (TPSA) is 8.17 Å².